The Balaban J connectivity index is 1.60. The first-order chi connectivity index (χ1) is 9.57. The Morgan fingerprint density at radius 3 is 2.90 bits per heavy atom. The molecule has 2 unspecified atom stereocenters. The van der Waals surface area contributed by atoms with E-state index in [1.807, 2.05) is 31.2 Å². The number of para-hydroxylation sites is 2. The topological polar surface area (TPSA) is 59.0 Å². The summed E-state index contributed by atoms with van der Waals surface area (Å²) < 4.78 is 11.6. The zero-order valence-corrected chi connectivity index (χ0v) is 11.5. The van der Waals surface area contributed by atoms with Crippen LogP contribution in [0.25, 0.3) is 0 Å². The smallest absolute Gasteiger partial charge is 0.310 e. The van der Waals surface area contributed by atoms with Crippen LogP contribution in [0.4, 0.5) is 0 Å². The predicted octanol–water partition coefficient (Wildman–Crippen LogP) is 1.62. The van der Waals surface area contributed by atoms with Crippen molar-refractivity contribution in [3.05, 3.63) is 24.3 Å². The van der Waals surface area contributed by atoms with Crippen LogP contribution in [0.3, 0.4) is 0 Å². The number of ether oxygens (including phenoxy) is 2. The molecule has 1 aromatic rings. The van der Waals surface area contributed by atoms with Crippen molar-refractivity contribution in [1.29, 1.82) is 0 Å². The number of carbonyl (C=O) groups is 1. The van der Waals surface area contributed by atoms with Gasteiger partial charge in [0.05, 0.1) is 5.41 Å². The highest BCUT2D eigenvalue weighted by atomic mass is 16.6. The van der Waals surface area contributed by atoms with Crippen LogP contribution in [0.1, 0.15) is 13.3 Å². The number of carboxylic acids is 1. The van der Waals surface area contributed by atoms with Crippen molar-refractivity contribution in [2.75, 3.05) is 26.2 Å². The minimum Gasteiger partial charge on any atom is -0.486 e. The number of nitrogens with zero attached hydrogens (tertiary/aromatic N) is 1. The first-order valence-electron chi connectivity index (χ1n) is 6.91. The van der Waals surface area contributed by atoms with Gasteiger partial charge < -0.3 is 14.6 Å². The quantitative estimate of drug-likeness (QED) is 0.910. The second-order valence-electron chi connectivity index (χ2n) is 5.85. The molecule has 0 spiro atoms. The third-order valence-electron chi connectivity index (χ3n) is 4.10. The Kier molecular flexibility index (Phi) is 3.30. The Morgan fingerprint density at radius 2 is 2.20 bits per heavy atom. The fourth-order valence-corrected chi connectivity index (χ4v) is 2.83. The van der Waals surface area contributed by atoms with Gasteiger partial charge in [-0.25, -0.2) is 0 Å². The molecule has 1 N–H and O–H groups in total. The zero-order chi connectivity index (χ0) is 14.2. The van der Waals surface area contributed by atoms with E-state index in [0.29, 0.717) is 26.1 Å². The summed E-state index contributed by atoms with van der Waals surface area (Å²) in [5.41, 5.74) is -0.632. The van der Waals surface area contributed by atoms with E-state index in [1.54, 1.807) is 0 Å². The lowest BCUT2D eigenvalue weighted by Crippen LogP contribution is -2.41. The highest BCUT2D eigenvalue weighted by molar-refractivity contribution is 5.74. The number of hydrogen-bond donors (Lipinski definition) is 1. The molecule has 0 aromatic heterocycles. The standard InChI is InChI=1S/C15H19NO4/c1-15(14(17)18)6-7-16(10-15)8-11-9-19-12-4-2-3-5-13(12)20-11/h2-5,11H,6-10H2,1H3,(H,17,18). The summed E-state index contributed by atoms with van der Waals surface area (Å²) in [4.78, 5) is 13.4. The Morgan fingerprint density at radius 1 is 1.45 bits per heavy atom. The number of aliphatic carboxylic acids is 1. The molecule has 0 saturated carbocycles. The first kappa shape index (κ1) is 13.2. The van der Waals surface area contributed by atoms with Crippen LogP contribution in [-0.2, 0) is 4.79 Å². The Labute approximate surface area is 118 Å². The van der Waals surface area contributed by atoms with Gasteiger partial charge in [0.15, 0.2) is 11.5 Å². The van der Waals surface area contributed by atoms with Gasteiger partial charge in [0.2, 0.25) is 0 Å². The number of carboxylic acid groups (broad SMARTS) is 1. The SMILES string of the molecule is CC1(C(=O)O)CCN(CC2COc3ccccc3O2)C1. The Bertz CT molecular complexity index is 518. The number of fused-ring (bicyclic) bond motifs is 1. The van der Waals surface area contributed by atoms with Crippen LogP contribution in [0, 0.1) is 5.41 Å². The van der Waals surface area contributed by atoms with Crippen LogP contribution in [-0.4, -0.2) is 48.3 Å². The maximum absolute atomic E-state index is 11.2. The molecular weight excluding hydrogens is 258 g/mol. The minimum atomic E-state index is -0.717. The number of likely N-dealkylation sites (tertiary alicyclic amines) is 1. The van der Waals surface area contributed by atoms with Gasteiger partial charge in [0.1, 0.15) is 12.7 Å². The fraction of sp³-hybridized carbons (Fsp3) is 0.533. The van der Waals surface area contributed by atoms with Crippen LogP contribution < -0.4 is 9.47 Å². The molecule has 20 heavy (non-hydrogen) atoms. The third kappa shape index (κ3) is 2.45. The van der Waals surface area contributed by atoms with E-state index >= 15 is 0 Å². The van der Waals surface area contributed by atoms with Crippen molar-refractivity contribution in [2.24, 2.45) is 5.41 Å². The molecule has 108 valence electrons. The molecule has 2 heterocycles. The molecule has 0 aliphatic carbocycles. The first-order valence-corrected chi connectivity index (χ1v) is 6.91. The number of benzene rings is 1. The van der Waals surface area contributed by atoms with E-state index in [2.05, 4.69) is 4.90 Å². The van der Waals surface area contributed by atoms with Gasteiger partial charge in [-0.1, -0.05) is 12.1 Å². The van der Waals surface area contributed by atoms with Gasteiger partial charge in [-0.05, 0) is 32.0 Å². The molecule has 1 aromatic carbocycles. The van der Waals surface area contributed by atoms with Gasteiger partial charge in [-0.3, -0.25) is 9.69 Å². The summed E-state index contributed by atoms with van der Waals surface area (Å²) in [7, 11) is 0. The van der Waals surface area contributed by atoms with Crippen molar-refractivity contribution >= 4 is 5.97 Å². The maximum atomic E-state index is 11.2. The van der Waals surface area contributed by atoms with Gasteiger partial charge in [-0.15, -0.1) is 0 Å². The van der Waals surface area contributed by atoms with E-state index in [0.717, 1.165) is 18.0 Å². The number of rotatable bonds is 3. The van der Waals surface area contributed by atoms with Crippen LogP contribution in [0.2, 0.25) is 0 Å². The molecule has 0 bridgehead atoms. The lowest BCUT2D eigenvalue weighted by Gasteiger charge is -2.30. The lowest BCUT2D eigenvalue weighted by molar-refractivity contribution is -0.147. The summed E-state index contributed by atoms with van der Waals surface area (Å²) in [6.45, 7) is 4.39. The lowest BCUT2D eigenvalue weighted by atomic mass is 9.90. The summed E-state index contributed by atoms with van der Waals surface area (Å²) in [6, 6.07) is 7.62. The predicted molar refractivity (Wildman–Crippen MR) is 73.2 cm³/mol. The molecule has 5 heteroatoms. The normalized spacial score (nSPS) is 29.4. The molecular formula is C15H19NO4. The van der Waals surface area contributed by atoms with E-state index < -0.39 is 11.4 Å². The molecule has 5 nitrogen and oxygen atoms in total. The van der Waals surface area contributed by atoms with Crippen LogP contribution >= 0.6 is 0 Å². The van der Waals surface area contributed by atoms with Gasteiger partial charge >= 0.3 is 5.97 Å². The van der Waals surface area contributed by atoms with Crippen molar-refractivity contribution in [1.82, 2.24) is 4.90 Å². The fourth-order valence-electron chi connectivity index (χ4n) is 2.83. The molecule has 2 atom stereocenters. The van der Waals surface area contributed by atoms with Gasteiger partial charge in [-0.2, -0.15) is 0 Å². The van der Waals surface area contributed by atoms with E-state index in [-0.39, 0.29) is 6.10 Å². The third-order valence-corrected chi connectivity index (χ3v) is 4.10. The summed E-state index contributed by atoms with van der Waals surface area (Å²) in [5, 5.41) is 9.24. The Hall–Kier alpha value is -1.75. The second kappa shape index (κ2) is 4.98. The molecule has 0 radical (unpaired) electrons. The molecule has 1 saturated heterocycles. The van der Waals surface area contributed by atoms with Crippen molar-refractivity contribution in [3.8, 4) is 11.5 Å². The van der Waals surface area contributed by atoms with Crippen molar-refractivity contribution < 1.29 is 19.4 Å². The second-order valence-corrected chi connectivity index (χ2v) is 5.85. The molecule has 2 aliphatic heterocycles. The van der Waals surface area contributed by atoms with Crippen LogP contribution in [0.15, 0.2) is 24.3 Å². The zero-order valence-electron chi connectivity index (χ0n) is 11.5. The largest absolute Gasteiger partial charge is 0.486 e. The van der Waals surface area contributed by atoms with Crippen LogP contribution in [0.5, 0.6) is 11.5 Å². The van der Waals surface area contributed by atoms with Crippen molar-refractivity contribution in [2.45, 2.75) is 19.4 Å². The van der Waals surface area contributed by atoms with E-state index in [9.17, 15) is 9.90 Å². The molecule has 0 amide bonds. The summed E-state index contributed by atoms with van der Waals surface area (Å²) >= 11 is 0. The summed E-state index contributed by atoms with van der Waals surface area (Å²) in [5.74, 6) is 0.829. The van der Waals surface area contributed by atoms with Gasteiger partial charge in [0, 0.05) is 13.1 Å². The number of hydrogen-bond acceptors (Lipinski definition) is 4. The highest BCUT2D eigenvalue weighted by Crippen LogP contribution is 2.33. The van der Waals surface area contributed by atoms with E-state index in [4.69, 9.17) is 9.47 Å². The molecule has 1 fully saturated rings. The maximum Gasteiger partial charge on any atom is 0.310 e. The average Bonchev–Trinajstić information content (AvgIpc) is 2.81. The average molecular weight is 277 g/mol. The molecule has 2 aliphatic rings. The van der Waals surface area contributed by atoms with Crippen molar-refractivity contribution in [3.63, 3.8) is 0 Å². The van der Waals surface area contributed by atoms with E-state index in [1.165, 1.54) is 0 Å². The van der Waals surface area contributed by atoms with Gasteiger partial charge in [0.25, 0.3) is 0 Å². The monoisotopic (exact) mass is 277 g/mol. The minimum absolute atomic E-state index is 0.0407. The molecule has 3 rings (SSSR count). The summed E-state index contributed by atoms with van der Waals surface area (Å²) in [6.07, 6.45) is 0.646. The highest BCUT2D eigenvalue weighted by Gasteiger charge is 2.41.